The molecule has 4 nitrogen and oxygen atoms in total. The molecule has 1 aromatic carbocycles. The van der Waals surface area contributed by atoms with Crippen molar-refractivity contribution in [2.75, 3.05) is 5.32 Å². The van der Waals surface area contributed by atoms with Gasteiger partial charge in [-0.25, -0.2) is 0 Å². The Hall–Kier alpha value is -2.14. The Morgan fingerprint density at radius 1 is 1.14 bits per heavy atom. The number of hydrogen-bond acceptors (Lipinski definition) is 3. The molecular formula is C17H20N2O2S. The van der Waals surface area contributed by atoms with Crippen LogP contribution in [0.1, 0.15) is 42.5 Å². The van der Waals surface area contributed by atoms with Crippen molar-refractivity contribution in [2.45, 2.75) is 33.1 Å². The van der Waals surface area contributed by atoms with Crippen LogP contribution in [0, 0.1) is 6.92 Å². The van der Waals surface area contributed by atoms with Gasteiger partial charge in [-0.15, -0.1) is 0 Å². The SMILES string of the molecule is Cc1occc1C(=O)NC(=S)Nc1ccc(C(C)(C)C)cc1. The summed E-state index contributed by atoms with van der Waals surface area (Å²) in [4.78, 5) is 12.0. The summed E-state index contributed by atoms with van der Waals surface area (Å²) in [6.45, 7) is 8.21. The van der Waals surface area contributed by atoms with Gasteiger partial charge in [-0.2, -0.15) is 0 Å². The summed E-state index contributed by atoms with van der Waals surface area (Å²) in [5.41, 5.74) is 2.66. The molecule has 0 aliphatic rings. The van der Waals surface area contributed by atoms with Crippen LogP contribution in [0.5, 0.6) is 0 Å². The maximum Gasteiger partial charge on any atom is 0.260 e. The Kier molecular flexibility index (Phi) is 4.66. The second-order valence-electron chi connectivity index (χ2n) is 6.13. The number of carbonyl (C=O) groups is 1. The van der Waals surface area contributed by atoms with E-state index in [1.54, 1.807) is 13.0 Å². The summed E-state index contributed by atoms with van der Waals surface area (Å²) in [5, 5.41) is 5.90. The number of nitrogens with one attached hydrogen (secondary N) is 2. The molecule has 5 heteroatoms. The highest BCUT2D eigenvalue weighted by Gasteiger charge is 2.14. The van der Waals surface area contributed by atoms with Gasteiger partial charge in [-0.1, -0.05) is 32.9 Å². The lowest BCUT2D eigenvalue weighted by Crippen LogP contribution is -2.34. The number of amides is 1. The van der Waals surface area contributed by atoms with Crippen molar-refractivity contribution in [3.05, 3.63) is 53.5 Å². The summed E-state index contributed by atoms with van der Waals surface area (Å²) in [7, 11) is 0. The molecule has 0 aliphatic carbocycles. The predicted molar refractivity (Wildman–Crippen MR) is 92.3 cm³/mol. The molecule has 1 amide bonds. The van der Waals surface area contributed by atoms with Gasteiger partial charge >= 0.3 is 0 Å². The number of anilines is 1. The molecule has 116 valence electrons. The first-order valence-corrected chi connectivity index (χ1v) is 7.45. The number of rotatable bonds is 2. The standard InChI is InChI=1S/C17H20N2O2S/c1-11-14(9-10-21-11)15(20)19-16(22)18-13-7-5-12(6-8-13)17(2,3)4/h5-10H,1-4H3,(H2,18,19,20,22). The van der Waals surface area contributed by atoms with Gasteiger partial charge in [0, 0.05) is 5.69 Å². The fraction of sp³-hybridized carbons (Fsp3) is 0.294. The molecule has 0 unspecified atom stereocenters. The van der Waals surface area contributed by atoms with Crippen molar-refractivity contribution in [2.24, 2.45) is 0 Å². The van der Waals surface area contributed by atoms with E-state index >= 15 is 0 Å². The monoisotopic (exact) mass is 316 g/mol. The van der Waals surface area contributed by atoms with E-state index in [4.69, 9.17) is 16.6 Å². The van der Waals surface area contributed by atoms with Gasteiger partial charge in [-0.05, 0) is 48.3 Å². The maximum absolute atomic E-state index is 12.0. The first kappa shape index (κ1) is 16.2. The van der Waals surface area contributed by atoms with E-state index in [1.807, 2.05) is 24.3 Å². The summed E-state index contributed by atoms with van der Waals surface area (Å²) in [6, 6.07) is 9.61. The van der Waals surface area contributed by atoms with Crippen molar-refractivity contribution in [1.29, 1.82) is 0 Å². The number of furan rings is 1. The highest BCUT2D eigenvalue weighted by atomic mass is 32.1. The minimum Gasteiger partial charge on any atom is -0.469 e. The molecule has 1 heterocycles. The number of thiocarbonyl (C=S) groups is 1. The van der Waals surface area contributed by atoms with E-state index in [0.717, 1.165) is 5.69 Å². The molecule has 22 heavy (non-hydrogen) atoms. The average Bonchev–Trinajstić information content (AvgIpc) is 2.84. The molecule has 0 radical (unpaired) electrons. The quantitative estimate of drug-likeness (QED) is 0.822. The van der Waals surface area contributed by atoms with Gasteiger partial charge < -0.3 is 9.73 Å². The molecule has 0 saturated carbocycles. The second kappa shape index (κ2) is 6.32. The molecule has 0 saturated heterocycles. The fourth-order valence-electron chi connectivity index (χ4n) is 2.01. The van der Waals surface area contributed by atoms with Crippen molar-refractivity contribution in [1.82, 2.24) is 5.32 Å². The fourth-order valence-corrected chi connectivity index (χ4v) is 2.22. The zero-order valence-electron chi connectivity index (χ0n) is 13.2. The highest BCUT2D eigenvalue weighted by molar-refractivity contribution is 7.80. The van der Waals surface area contributed by atoms with Crippen LogP contribution in [0.2, 0.25) is 0 Å². The molecule has 0 bridgehead atoms. The summed E-state index contributed by atoms with van der Waals surface area (Å²) in [6.07, 6.45) is 1.48. The molecule has 0 aliphatic heterocycles. The molecule has 0 spiro atoms. The smallest absolute Gasteiger partial charge is 0.260 e. The first-order valence-electron chi connectivity index (χ1n) is 7.04. The Morgan fingerprint density at radius 2 is 1.77 bits per heavy atom. The third-order valence-corrected chi connectivity index (χ3v) is 3.54. The van der Waals surface area contributed by atoms with E-state index < -0.39 is 0 Å². The highest BCUT2D eigenvalue weighted by Crippen LogP contribution is 2.23. The molecule has 0 atom stereocenters. The van der Waals surface area contributed by atoms with Crippen molar-refractivity contribution in [3.63, 3.8) is 0 Å². The lowest BCUT2D eigenvalue weighted by Gasteiger charge is -2.19. The van der Waals surface area contributed by atoms with Gasteiger partial charge in [0.2, 0.25) is 0 Å². The van der Waals surface area contributed by atoms with Crippen LogP contribution < -0.4 is 10.6 Å². The number of carbonyl (C=O) groups excluding carboxylic acids is 1. The van der Waals surface area contributed by atoms with E-state index in [0.29, 0.717) is 11.3 Å². The van der Waals surface area contributed by atoms with Crippen LogP contribution in [0.25, 0.3) is 0 Å². The number of hydrogen-bond donors (Lipinski definition) is 2. The van der Waals surface area contributed by atoms with E-state index in [9.17, 15) is 4.79 Å². The van der Waals surface area contributed by atoms with Gasteiger partial charge in [-0.3, -0.25) is 10.1 Å². The summed E-state index contributed by atoms with van der Waals surface area (Å²) in [5.74, 6) is 0.282. The van der Waals surface area contributed by atoms with Crippen LogP contribution >= 0.6 is 12.2 Å². The molecule has 1 aromatic heterocycles. The van der Waals surface area contributed by atoms with Crippen LogP contribution in [-0.2, 0) is 5.41 Å². The van der Waals surface area contributed by atoms with Crippen molar-refractivity contribution < 1.29 is 9.21 Å². The minimum absolute atomic E-state index is 0.103. The van der Waals surface area contributed by atoms with Crippen LogP contribution in [0.15, 0.2) is 41.0 Å². The van der Waals surface area contributed by atoms with Crippen molar-refractivity contribution >= 4 is 28.9 Å². The van der Waals surface area contributed by atoms with Crippen molar-refractivity contribution in [3.8, 4) is 0 Å². The third-order valence-electron chi connectivity index (χ3n) is 3.34. The van der Waals surface area contributed by atoms with Crippen LogP contribution in [0.4, 0.5) is 5.69 Å². The topological polar surface area (TPSA) is 54.3 Å². The van der Waals surface area contributed by atoms with Crippen LogP contribution in [0.3, 0.4) is 0 Å². The number of benzene rings is 1. The lowest BCUT2D eigenvalue weighted by atomic mass is 9.87. The maximum atomic E-state index is 12.0. The van der Waals surface area contributed by atoms with Gasteiger partial charge in [0.25, 0.3) is 5.91 Å². The van der Waals surface area contributed by atoms with Gasteiger partial charge in [0.1, 0.15) is 5.76 Å². The largest absolute Gasteiger partial charge is 0.469 e. The van der Waals surface area contributed by atoms with Gasteiger partial charge in [0.05, 0.1) is 11.8 Å². The first-order chi connectivity index (χ1) is 10.3. The van der Waals surface area contributed by atoms with E-state index in [1.165, 1.54) is 11.8 Å². The minimum atomic E-state index is -0.282. The Morgan fingerprint density at radius 3 is 2.27 bits per heavy atom. The Balaban J connectivity index is 1.98. The third kappa shape index (κ3) is 3.95. The van der Waals surface area contributed by atoms with E-state index in [2.05, 4.69) is 31.4 Å². The van der Waals surface area contributed by atoms with Crippen LogP contribution in [-0.4, -0.2) is 11.0 Å². The average molecular weight is 316 g/mol. The summed E-state index contributed by atoms with van der Waals surface area (Å²) >= 11 is 5.16. The second-order valence-corrected chi connectivity index (χ2v) is 6.53. The molecular weight excluding hydrogens is 296 g/mol. The molecule has 0 fully saturated rings. The molecule has 2 aromatic rings. The predicted octanol–water partition coefficient (Wildman–Crippen LogP) is 4.01. The Labute approximate surface area is 135 Å². The van der Waals surface area contributed by atoms with E-state index in [-0.39, 0.29) is 16.4 Å². The zero-order valence-corrected chi connectivity index (χ0v) is 14.0. The van der Waals surface area contributed by atoms with Gasteiger partial charge in [0.15, 0.2) is 5.11 Å². The molecule has 2 rings (SSSR count). The zero-order chi connectivity index (χ0) is 16.3. The lowest BCUT2D eigenvalue weighted by molar-refractivity contribution is 0.0976. The normalized spacial score (nSPS) is 11.1. The number of aryl methyl sites for hydroxylation is 1. The molecule has 2 N–H and O–H groups in total. The Bertz CT molecular complexity index is 681. The summed E-state index contributed by atoms with van der Waals surface area (Å²) < 4.78 is 5.11.